The summed E-state index contributed by atoms with van der Waals surface area (Å²) < 4.78 is 5.21. The molecule has 100 valence electrons. The van der Waals surface area contributed by atoms with Crippen LogP contribution in [0.4, 0.5) is 10.8 Å². The van der Waals surface area contributed by atoms with E-state index in [2.05, 4.69) is 27.8 Å². The Labute approximate surface area is 121 Å². The molecule has 0 unspecified atom stereocenters. The molecular weight excluding hydrogens is 268 g/mol. The molecule has 0 saturated carbocycles. The van der Waals surface area contributed by atoms with Crippen molar-refractivity contribution >= 4 is 22.2 Å². The van der Waals surface area contributed by atoms with Gasteiger partial charge in [-0.3, -0.25) is 0 Å². The quantitative estimate of drug-likeness (QED) is 0.761. The fraction of sp³-hybridized carbons (Fsp3) is 0.0625. The highest BCUT2D eigenvalue weighted by atomic mass is 32.1. The van der Waals surface area contributed by atoms with Gasteiger partial charge >= 0.3 is 0 Å². The van der Waals surface area contributed by atoms with Crippen molar-refractivity contribution in [3.05, 3.63) is 60.0 Å². The van der Waals surface area contributed by atoms with E-state index in [0.717, 1.165) is 27.8 Å². The minimum absolute atomic E-state index is 0.829. The number of nitrogens with zero attached hydrogens (tertiary/aromatic N) is 1. The SMILES string of the molecule is COc1cccc(Nc2nc(-c3ccccc3)cs2)c1. The van der Waals surface area contributed by atoms with Crippen molar-refractivity contribution in [3.63, 3.8) is 0 Å². The van der Waals surface area contributed by atoms with Gasteiger partial charge in [-0.15, -0.1) is 11.3 Å². The second kappa shape index (κ2) is 5.75. The van der Waals surface area contributed by atoms with E-state index >= 15 is 0 Å². The van der Waals surface area contributed by atoms with Crippen LogP contribution in [0.5, 0.6) is 5.75 Å². The van der Waals surface area contributed by atoms with Crippen molar-refractivity contribution in [2.24, 2.45) is 0 Å². The molecule has 1 N–H and O–H groups in total. The molecule has 1 aromatic heterocycles. The number of aromatic nitrogens is 1. The number of thiazole rings is 1. The smallest absolute Gasteiger partial charge is 0.187 e. The van der Waals surface area contributed by atoms with Gasteiger partial charge in [-0.05, 0) is 12.1 Å². The number of hydrogen-bond donors (Lipinski definition) is 1. The van der Waals surface area contributed by atoms with Crippen molar-refractivity contribution in [2.75, 3.05) is 12.4 Å². The zero-order chi connectivity index (χ0) is 13.8. The normalized spacial score (nSPS) is 10.2. The van der Waals surface area contributed by atoms with Gasteiger partial charge < -0.3 is 10.1 Å². The Morgan fingerprint density at radius 1 is 1.05 bits per heavy atom. The molecule has 4 heteroatoms. The van der Waals surface area contributed by atoms with Gasteiger partial charge in [0, 0.05) is 22.7 Å². The summed E-state index contributed by atoms with van der Waals surface area (Å²) >= 11 is 1.59. The van der Waals surface area contributed by atoms with E-state index in [1.807, 2.05) is 42.5 Å². The first-order valence-corrected chi connectivity index (χ1v) is 7.15. The topological polar surface area (TPSA) is 34.1 Å². The largest absolute Gasteiger partial charge is 0.497 e. The molecule has 0 radical (unpaired) electrons. The second-order valence-corrected chi connectivity index (χ2v) is 5.12. The minimum Gasteiger partial charge on any atom is -0.497 e. The molecule has 0 atom stereocenters. The fourth-order valence-corrected chi connectivity index (χ4v) is 2.64. The van der Waals surface area contributed by atoms with Gasteiger partial charge in [0.15, 0.2) is 5.13 Å². The highest BCUT2D eigenvalue weighted by Gasteiger charge is 2.04. The Balaban J connectivity index is 1.80. The summed E-state index contributed by atoms with van der Waals surface area (Å²) in [5, 5.41) is 6.22. The third-order valence-electron chi connectivity index (χ3n) is 2.89. The van der Waals surface area contributed by atoms with E-state index < -0.39 is 0 Å². The zero-order valence-electron chi connectivity index (χ0n) is 11.0. The number of methoxy groups -OCH3 is 1. The average molecular weight is 282 g/mol. The van der Waals surface area contributed by atoms with Crippen molar-refractivity contribution < 1.29 is 4.74 Å². The Morgan fingerprint density at radius 2 is 1.90 bits per heavy atom. The molecule has 0 fully saturated rings. The number of rotatable bonds is 4. The molecule has 0 aliphatic heterocycles. The number of hydrogen-bond acceptors (Lipinski definition) is 4. The van der Waals surface area contributed by atoms with E-state index in [9.17, 15) is 0 Å². The molecule has 2 aromatic carbocycles. The summed E-state index contributed by atoms with van der Waals surface area (Å²) in [4.78, 5) is 4.60. The second-order valence-electron chi connectivity index (χ2n) is 4.26. The molecule has 3 nitrogen and oxygen atoms in total. The Morgan fingerprint density at radius 3 is 2.70 bits per heavy atom. The lowest BCUT2D eigenvalue weighted by atomic mass is 10.2. The Kier molecular flexibility index (Phi) is 3.65. The number of ether oxygens (including phenoxy) is 1. The molecule has 1 heterocycles. The first-order valence-electron chi connectivity index (χ1n) is 6.27. The summed E-state index contributed by atoms with van der Waals surface area (Å²) in [7, 11) is 1.66. The summed E-state index contributed by atoms with van der Waals surface area (Å²) in [6, 6.07) is 18.0. The molecule has 0 saturated heterocycles. The highest BCUT2D eigenvalue weighted by molar-refractivity contribution is 7.14. The van der Waals surface area contributed by atoms with Crippen molar-refractivity contribution in [2.45, 2.75) is 0 Å². The number of nitrogens with one attached hydrogen (secondary N) is 1. The maximum Gasteiger partial charge on any atom is 0.187 e. The van der Waals surface area contributed by atoms with Gasteiger partial charge in [-0.2, -0.15) is 0 Å². The van der Waals surface area contributed by atoms with Crippen LogP contribution in [0.1, 0.15) is 0 Å². The number of benzene rings is 2. The summed E-state index contributed by atoms with van der Waals surface area (Å²) in [6.45, 7) is 0. The molecule has 0 bridgehead atoms. The first-order chi connectivity index (χ1) is 9.85. The third-order valence-corrected chi connectivity index (χ3v) is 3.65. The van der Waals surface area contributed by atoms with E-state index in [0.29, 0.717) is 0 Å². The standard InChI is InChI=1S/C16H14N2OS/c1-19-14-9-5-8-13(10-14)17-16-18-15(11-20-16)12-6-3-2-4-7-12/h2-11H,1H3,(H,17,18). The van der Waals surface area contributed by atoms with Gasteiger partial charge in [0.25, 0.3) is 0 Å². The van der Waals surface area contributed by atoms with E-state index in [4.69, 9.17) is 4.74 Å². The minimum atomic E-state index is 0.829. The fourth-order valence-electron chi connectivity index (χ4n) is 1.90. The maximum atomic E-state index is 5.21. The predicted molar refractivity (Wildman–Crippen MR) is 83.8 cm³/mol. The van der Waals surface area contributed by atoms with Crippen molar-refractivity contribution in [1.29, 1.82) is 0 Å². The van der Waals surface area contributed by atoms with Crippen LogP contribution >= 0.6 is 11.3 Å². The monoisotopic (exact) mass is 282 g/mol. The van der Waals surface area contributed by atoms with Gasteiger partial charge in [0.2, 0.25) is 0 Å². The zero-order valence-corrected chi connectivity index (χ0v) is 11.9. The van der Waals surface area contributed by atoms with Crippen LogP contribution in [-0.2, 0) is 0 Å². The summed E-state index contributed by atoms with van der Waals surface area (Å²) in [6.07, 6.45) is 0. The maximum absolute atomic E-state index is 5.21. The lowest BCUT2D eigenvalue weighted by Gasteiger charge is -2.04. The van der Waals surface area contributed by atoms with E-state index in [1.54, 1.807) is 18.4 Å². The highest BCUT2D eigenvalue weighted by Crippen LogP contribution is 2.28. The molecule has 0 aliphatic rings. The lowest BCUT2D eigenvalue weighted by Crippen LogP contribution is -1.90. The van der Waals surface area contributed by atoms with Crippen molar-refractivity contribution in [3.8, 4) is 17.0 Å². The first kappa shape index (κ1) is 12.7. The van der Waals surface area contributed by atoms with Gasteiger partial charge in [0.1, 0.15) is 5.75 Å². The lowest BCUT2D eigenvalue weighted by molar-refractivity contribution is 0.415. The van der Waals surface area contributed by atoms with Crippen LogP contribution in [0.25, 0.3) is 11.3 Å². The van der Waals surface area contributed by atoms with Crippen LogP contribution in [-0.4, -0.2) is 12.1 Å². The Bertz CT molecular complexity index is 694. The molecule has 0 amide bonds. The molecule has 0 aliphatic carbocycles. The van der Waals surface area contributed by atoms with Gasteiger partial charge in [-0.25, -0.2) is 4.98 Å². The van der Waals surface area contributed by atoms with Gasteiger partial charge in [0.05, 0.1) is 12.8 Å². The van der Waals surface area contributed by atoms with Crippen LogP contribution in [0.2, 0.25) is 0 Å². The third kappa shape index (κ3) is 2.81. The van der Waals surface area contributed by atoms with Crippen LogP contribution in [0.15, 0.2) is 60.0 Å². The Hall–Kier alpha value is -2.33. The average Bonchev–Trinajstić information content (AvgIpc) is 2.97. The molecule has 20 heavy (non-hydrogen) atoms. The van der Waals surface area contributed by atoms with Crippen molar-refractivity contribution in [1.82, 2.24) is 4.98 Å². The predicted octanol–water partition coefficient (Wildman–Crippen LogP) is 4.56. The molecule has 3 aromatic rings. The van der Waals surface area contributed by atoms with E-state index in [1.165, 1.54) is 0 Å². The van der Waals surface area contributed by atoms with Crippen LogP contribution < -0.4 is 10.1 Å². The summed E-state index contributed by atoms with van der Waals surface area (Å²) in [5.41, 5.74) is 3.08. The van der Waals surface area contributed by atoms with Gasteiger partial charge in [-0.1, -0.05) is 36.4 Å². The van der Waals surface area contributed by atoms with E-state index in [-0.39, 0.29) is 0 Å². The van der Waals surface area contributed by atoms with Crippen LogP contribution in [0, 0.1) is 0 Å². The molecule has 3 rings (SSSR count). The number of anilines is 2. The summed E-state index contributed by atoms with van der Waals surface area (Å²) in [5.74, 6) is 0.829. The molecular formula is C16H14N2OS. The molecule has 0 spiro atoms. The van der Waals surface area contributed by atoms with Crippen LogP contribution in [0.3, 0.4) is 0 Å².